The summed E-state index contributed by atoms with van der Waals surface area (Å²) in [6.45, 7) is -0.0103. The van der Waals surface area contributed by atoms with Crippen molar-refractivity contribution < 1.29 is 19.5 Å². The van der Waals surface area contributed by atoms with Crippen LogP contribution in [0, 0.1) is 11.8 Å². The summed E-state index contributed by atoms with van der Waals surface area (Å²) in [5.74, 6) is -1.89. The van der Waals surface area contributed by atoms with Crippen LogP contribution in [0.25, 0.3) is 0 Å². The molecule has 0 aromatic heterocycles. The summed E-state index contributed by atoms with van der Waals surface area (Å²) in [5, 5.41) is 14.2. The van der Waals surface area contributed by atoms with Crippen LogP contribution in [-0.2, 0) is 14.4 Å². The van der Waals surface area contributed by atoms with Gasteiger partial charge in [0.05, 0.1) is 12.5 Å². The Kier molecular flexibility index (Phi) is 3.84. The fourth-order valence-electron chi connectivity index (χ4n) is 2.26. The van der Waals surface area contributed by atoms with Crippen LogP contribution in [0.3, 0.4) is 0 Å². The lowest BCUT2D eigenvalue weighted by Gasteiger charge is -2.10. The highest BCUT2D eigenvalue weighted by Crippen LogP contribution is 2.31. The second-order valence-corrected chi connectivity index (χ2v) is 5.10. The van der Waals surface area contributed by atoms with Crippen molar-refractivity contribution in [1.82, 2.24) is 10.6 Å². The summed E-state index contributed by atoms with van der Waals surface area (Å²) in [4.78, 5) is 33.9. The molecule has 2 atom stereocenters. The van der Waals surface area contributed by atoms with Gasteiger partial charge in [-0.15, -0.1) is 0 Å². The van der Waals surface area contributed by atoms with Crippen molar-refractivity contribution in [2.24, 2.45) is 11.8 Å². The normalized spacial score (nSPS) is 26.7. The highest BCUT2D eigenvalue weighted by atomic mass is 16.4. The maximum Gasteiger partial charge on any atom is 0.306 e. The van der Waals surface area contributed by atoms with Gasteiger partial charge in [-0.3, -0.25) is 14.4 Å². The van der Waals surface area contributed by atoms with Gasteiger partial charge in [-0.2, -0.15) is 0 Å². The number of carboxylic acids is 1. The molecule has 18 heavy (non-hydrogen) atoms. The number of hydrogen-bond donors (Lipinski definition) is 3. The first kappa shape index (κ1) is 12.9. The minimum absolute atomic E-state index is 0.0103. The molecule has 2 saturated carbocycles. The van der Waals surface area contributed by atoms with E-state index in [0.29, 0.717) is 19.3 Å². The van der Waals surface area contributed by atoms with Gasteiger partial charge in [-0.25, -0.2) is 0 Å². The molecule has 0 aromatic rings. The Labute approximate surface area is 105 Å². The molecule has 2 amide bonds. The first-order valence-electron chi connectivity index (χ1n) is 6.36. The van der Waals surface area contributed by atoms with E-state index in [9.17, 15) is 14.4 Å². The minimum atomic E-state index is -0.836. The Balaban J connectivity index is 1.68. The molecule has 100 valence electrons. The molecule has 2 aliphatic rings. The number of aliphatic carboxylic acids is 1. The van der Waals surface area contributed by atoms with E-state index in [4.69, 9.17) is 5.11 Å². The second kappa shape index (κ2) is 5.37. The van der Waals surface area contributed by atoms with E-state index >= 15 is 0 Å². The molecule has 0 saturated heterocycles. The molecular weight excluding hydrogens is 236 g/mol. The van der Waals surface area contributed by atoms with Crippen molar-refractivity contribution in [3.8, 4) is 0 Å². The number of carbonyl (C=O) groups excluding carboxylic acids is 2. The number of nitrogens with one attached hydrogen (secondary N) is 2. The third-order valence-electron chi connectivity index (χ3n) is 3.52. The number of carboxylic acid groups (broad SMARTS) is 1. The topological polar surface area (TPSA) is 95.5 Å². The van der Waals surface area contributed by atoms with Gasteiger partial charge in [0.1, 0.15) is 0 Å². The van der Waals surface area contributed by atoms with E-state index in [0.717, 1.165) is 12.8 Å². The Morgan fingerprint density at radius 3 is 2.28 bits per heavy atom. The van der Waals surface area contributed by atoms with Gasteiger partial charge >= 0.3 is 5.97 Å². The molecule has 3 N–H and O–H groups in total. The van der Waals surface area contributed by atoms with Crippen LogP contribution in [0.2, 0.25) is 0 Å². The molecule has 0 heterocycles. The lowest BCUT2D eigenvalue weighted by atomic mass is 10.0. The monoisotopic (exact) mass is 254 g/mol. The highest BCUT2D eigenvalue weighted by Gasteiger charge is 2.34. The highest BCUT2D eigenvalue weighted by molar-refractivity contribution is 5.86. The predicted octanol–water partition coefficient (Wildman–Crippen LogP) is -0.118. The smallest absolute Gasteiger partial charge is 0.306 e. The van der Waals surface area contributed by atoms with Crippen LogP contribution >= 0.6 is 0 Å². The van der Waals surface area contributed by atoms with Gasteiger partial charge in [0.2, 0.25) is 11.8 Å². The van der Waals surface area contributed by atoms with Gasteiger partial charge in [0.15, 0.2) is 0 Å². The Hall–Kier alpha value is -1.59. The molecule has 0 aromatic carbocycles. The fourth-order valence-corrected chi connectivity index (χ4v) is 2.26. The van der Waals surface area contributed by atoms with Crippen molar-refractivity contribution in [2.45, 2.75) is 38.1 Å². The summed E-state index contributed by atoms with van der Waals surface area (Å²) in [6.07, 6.45) is 3.55. The van der Waals surface area contributed by atoms with E-state index in [-0.39, 0.29) is 30.3 Å². The molecule has 6 nitrogen and oxygen atoms in total. The molecule has 0 radical (unpaired) electrons. The quantitative estimate of drug-likeness (QED) is 0.637. The second-order valence-electron chi connectivity index (χ2n) is 5.10. The summed E-state index contributed by atoms with van der Waals surface area (Å²) in [5.41, 5.74) is 0. The molecule has 2 rings (SSSR count). The minimum Gasteiger partial charge on any atom is -0.481 e. The molecule has 0 aliphatic heterocycles. The molecular formula is C12H18N2O4. The molecule has 0 spiro atoms. The van der Waals surface area contributed by atoms with Gasteiger partial charge < -0.3 is 15.7 Å². The SMILES string of the molecule is O=C(CNC(=O)[C@@H]1CC[C@H](C(=O)O)C1)NC1CC1. The Morgan fingerprint density at radius 1 is 1.06 bits per heavy atom. The van der Waals surface area contributed by atoms with E-state index in [1.165, 1.54) is 0 Å². The van der Waals surface area contributed by atoms with Crippen molar-refractivity contribution in [3.63, 3.8) is 0 Å². The Morgan fingerprint density at radius 2 is 1.72 bits per heavy atom. The largest absolute Gasteiger partial charge is 0.481 e. The fraction of sp³-hybridized carbons (Fsp3) is 0.750. The maximum absolute atomic E-state index is 11.7. The van der Waals surface area contributed by atoms with Gasteiger partial charge in [-0.1, -0.05) is 0 Å². The van der Waals surface area contributed by atoms with Crippen LogP contribution in [-0.4, -0.2) is 35.5 Å². The van der Waals surface area contributed by atoms with Crippen molar-refractivity contribution in [2.75, 3.05) is 6.54 Å². The molecule has 6 heteroatoms. The van der Waals surface area contributed by atoms with Crippen molar-refractivity contribution in [1.29, 1.82) is 0 Å². The molecule has 2 aliphatic carbocycles. The lowest BCUT2D eigenvalue weighted by Crippen LogP contribution is -2.40. The van der Waals surface area contributed by atoms with Crippen LogP contribution in [0.4, 0.5) is 0 Å². The summed E-state index contributed by atoms with van der Waals surface area (Å²) in [7, 11) is 0. The third kappa shape index (κ3) is 3.45. The lowest BCUT2D eigenvalue weighted by molar-refractivity contribution is -0.141. The van der Waals surface area contributed by atoms with Gasteiger partial charge in [0.25, 0.3) is 0 Å². The van der Waals surface area contributed by atoms with Gasteiger partial charge in [-0.05, 0) is 32.1 Å². The molecule has 0 bridgehead atoms. The summed E-state index contributed by atoms with van der Waals surface area (Å²) < 4.78 is 0. The van der Waals surface area contributed by atoms with Crippen molar-refractivity contribution in [3.05, 3.63) is 0 Å². The number of hydrogen-bond acceptors (Lipinski definition) is 3. The summed E-state index contributed by atoms with van der Waals surface area (Å²) in [6, 6.07) is 0.289. The Bertz CT molecular complexity index is 365. The van der Waals surface area contributed by atoms with Crippen LogP contribution in [0.15, 0.2) is 0 Å². The molecule has 2 fully saturated rings. The average Bonchev–Trinajstić information content (AvgIpc) is 2.98. The molecule has 0 unspecified atom stereocenters. The zero-order valence-corrected chi connectivity index (χ0v) is 10.1. The number of rotatable bonds is 5. The number of carbonyl (C=O) groups is 3. The number of amides is 2. The van der Waals surface area contributed by atoms with Crippen molar-refractivity contribution >= 4 is 17.8 Å². The van der Waals surface area contributed by atoms with E-state index in [2.05, 4.69) is 10.6 Å². The standard InChI is InChI=1S/C12H18N2O4/c15-10(14-9-3-4-9)6-13-11(16)7-1-2-8(5-7)12(17)18/h7-9H,1-6H2,(H,13,16)(H,14,15)(H,17,18)/t7-,8+/m1/s1. The van der Waals surface area contributed by atoms with Crippen LogP contribution in [0.1, 0.15) is 32.1 Å². The zero-order chi connectivity index (χ0) is 13.1. The zero-order valence-electron chi connectivity index (χ0n) is 10.1. The van der Waals surface area contributed by atoms with E-state index in [1.54, 1.807) is 0 Å². The average molecular weight is 254 g/mol. The van der Waals surface area contributed by atoms with Gasteiger partial charge in [0, 0.05) is 12.0 Å². The first-order chi connectivity index (χ1) is 8.56. The van der Waals surface area contributed by atoms with Crippen LogP contribution < -0.4 is 10.6 Å². The maximum atomic E-state index is 11.7. The summed E-state index contributed by atoms with van der Waals surface area (Å²) >= 11 is 0. The van der Waals surface area contributed by atoms with E-state index < -0.39 is 11.9 Å². The first-order valence-corrected chi connectivity index (χ1v) is 6.36. The third-order valence-corrected chi connectivity index (χ3v) is 3.52. The predicted molar refractivity (Wildman–Crippen MR) is 62.6 cm³/mol. The van der Waals surface area contributed by atoms with E-state index in [1.807, 2.05) is 0 Å². The van der Waals surface area contributed by atoms with Crippen LogP contribution in [0.5, 0.6) is 0 Å².